The molecule has 0 saturated heterocycles. The standard InChI is InChI=1S/C16H17BrO3S/c1-12-5-7-16(8-6-12)21-19-11-15(10-18)20-14-4-2-3-13(17)9-14/h2-9,15,18H,10-11H2,1H3. The topological polar surface area (TPSA) is 38.7 Å². The fraction of sp³-hybridized carbons (Fsp3) is 0.250. The van der Waals surface area contributed by atoms with Gasteiger partial charge in [-0.3, -0.25) is 0 Å². The van der Waals surface area contributed by atoms with E-state index in [0.717, 1.165) is 9.37 Å². The molecule has 0 saturated carbocycles. The highest BCUT2D eigenvalue weighted by Gasteiger charge is 2.10. The summed E-state index contributed by atoms with van der Waals surface area (Å²) in [5, 5.41) is 9.36. The van der Waals surface area contributed by atoms with Crippen molar-refractivity contribution in [2.75, 3.05) is 13.2 Å². The van der Waals surface area contributed by atoms with E-state index in [1.165, 1.54) is 17.6 Å². The van der Waals surface area contributed by atoms with Crippen LogP contribution in [0, 0.1) is 6.92 Å². The Morgan fingerprint density at radius 1 is 1.19 bits per heavy atom. The fourth-order valence-corrected chi connectivity index (χ4v) is 2.61. The number of benzene rings is 2. The number of aryl methyl sites for hydroxylation is 1. The Bertz CT molecular complexity index is 560. The number of rotatable bonds is 7. The van der Waals surface area contributed by atoms with E-state index >= 15 is 0 Å². The lowest BCUT2D eigenvalue weighted by Gasteiger charge is -2.16. The number of hydrogen-bond donors (Lipinski definition) is 1. The SMILES string of the molecule is Cc1ccc(SOCC(CO)Oc2cccc(Br)c2)cc1. The average molecular weight is 369 g/mol. The van der Waals surface area contributed by atoms with E-state index in [2.05, 4.69) is 15.9 Å². The van der Waals surface area contributed by atoms with Gasteiger partial charge in [0.05, 0.1) is 6.61 Å². The van der Waals surface area contributed by atoms with E-state index in [9.17, 15) is 5.11 Å². The van der Waals surface area contributed by atoms with Crippen molar-refractivity contribution in [1.29, 1.82) is 0 Å². The molecule has 1 atom stereocenters. The summed E-state index contributed by atoms with van der Waals surface area (Å²) in [6.45, 7) is 2.26. The van der Waals surface area contributed by atoms with E-state index in [-0.39, 0.29) is 6.61 Å². The first-order chi connectivity index (χ1) is 10.2. The van der Waals surface area contributed by atoms with Crippen molar-refractivity contribution >= 4 is 28.0 Å². The maximum atomic E-state index is 9.36. The summed E-state index contributed by atoms with van der Waals surface area (Å²) in [4.78, 5) is 1.03. The maximum Gasteiger partial charge on any atom is 0.146 e. The molecule has 0 spiro atoms. The van der Waals surface area contributed by atoms with Crippen molar-refractivity contribution < 1.29 is 14.0 Å². The molecule has 0 aromatic heterocycles. The van der Waals surface area contributed by atoms with Gasteiger partial charge in [0.25, 0.3) is 0 Å². The third-order valence-electron chi connectivity index (χ3n) is 2.73. The van der Waals surface area contributed by atoms with Crippen LogP contribution in [-0.2, 0) is 4.18 Å². The zero-order valence-corrected chi connectivity index (χ0v) is 14.1. The molecule has 0 aliphatic heterocycles. The third kappa shape index (κ3) is 5.71. The minimum absolute atomic E-state index is 0.0963. The van der Waals surface area contributed by atoms with Crippen molar-refractivity contribution in [3.8, 4) is 5.75 Å². The summed E-state index contributed by atoms with van der Waals surface area (Å²) in [7, 11) is 0. The van der Waals surface area contributed by atoms with Gasteiger partial charge in [0.2, 0.25) is 0 Å². The molecule has 0 aliphatic rings. The van der Waals surface area contributed by atoms with Crippen molar-refractivity contribution in [3.05, 3.63) is 58.6 Å². The zero-order chi connectivity index (χ0) is 15.1. The molecule has 112 valence electrons. The minimum atomic E-state index is -0.391. The Morgan fingerprint density at radius 2 is 1.95 bits per heavy atom. The van der Waals surface area contributed by atoms with Gasteiger partial charge in [0.15, 0.2) is 0 Å². The highest BCUT2D eigenvalue weighted by molar-refractivity contribution is 9.10. The Kier molecular flexibility index (Phi) is 6.57. The summed E-state index contributed by atoms with van der Waals surface area (Å²) in [5.41, 5.74) is 1.21. The van der Waals surface area contributed by atoms with Gasteiger partial charge in [0, 0.05) is 21.4 Å². The minimum Gasteiger partial charge on any atom is -0.486 e. The highest BCUT2D eigenvalue weighted by atomic mass is 79.9. The van der Waals surface area contributed by atoms with Crippen molar-refractivity contribution in [2.24, 2.45) is 0 Å². The summed E-state index contributed by atoms with van der Waals surface area (Å²) in [5.74, 6) is 0.701. The van der Waals surface area contributed by atoms with Crippen LogP contribution < -0.4 is 4.74 Å². The number of halogens is 1. The van der Waals surface area contributed by atoms with E-state index in [1.54, 1.807) is 0 Å². The van der Waals surface area contributed by atoms with Gasteiger partial charge in [-0.1, -0.05) is 39.7 Å². The second-order valence-corrected chi connectivity index (χ2v) is 6.35. The lowest BCUT2D eigenvalue weighted by molar-refractivity contribution is 0.0790. The van der Waals surface area contributed by atoms with Crippen molar-refractivity contribution in [2.45, 2.75) is 17.9 Å². The van der Waals surface area contributed by atoms with Crippen LogP contribution in [0.25, 0.3) is 0 Å². The third-order valence-corrected chi connectivity index (χ3v) is 3.94. The first-order valence-electron chi connectivity index (χ1n) is 6.56. The maximum absolute atomic E-state index is 9.36. The fourth-order valence-electron chi connectivity index (χ4n) is 1.63. The average Bonchev–Trinajstić information content (AvgIpc) is 2.48. The van der Waals surface area contributed by atoms with Crippen LogP contribution in [0.3, 0.4) is 0 Å². The van der Waals surface area contributed by atoms with E-state index < -0.39 is 6.10 Å². The van der Waals surface area contributed by atoms with Gasteiger partial charge < -0.3 is 14.0 Å². The van der Waals surface area contributed by atoms with E-state index in [1.807, 2.05) is 55.5 Å². The molecule has 0 fully saturated rings. The van der Waals surface area contributed by atoms with Gasteiger partial charge in [-0.15, -0.1) is 0 Å². The first kappa shape index (κ1) is 16.4. The number of hydrogen-bond acceptors (Lipinski definition) is 4. The first-order valence-corrected chi connectivity index (χ1v) is 8.10. The molecule has 1 N–H and O–H groups in total. The van der Waals surface area contributed by atoms with Gasteiger partial charge in [-0.25, -0.2) is 0 Å². The second-order valence-electron chi connectivity index (χ2n) is 4.56. The van der Waals surface area contributed by atoms with E-state index in [0.29, 0.717) is 12.4 Å². The highest BCUT2D eigenvalue weighted by Crippen LogP contribution is 2.22. The molecule has 1 unspecified atom stereocenters. The molecule has 21 heavy (non-hydrogen) atoms. The molecule has 0 aliphatic carbocycles. The Labute approximate surface area is 137 Å². The van der Waals surface area contributed by atoms with E-state index in [4.69, 9.17) is 8.92 Å². The Balaban J connectivity index is 1.81. The van der Waals surface area contributed by atoms with Crippen molar-refractivity contribution in [3.63, 3.8) is 0 Å². The summed E-state index contributed by atoms with van der Waals surface area (Å²) < 4.78 is 12.2. The smallest absolute Gasteiger partial charge is 0.146 e. The molecule has 3 nitrogen and oxygen atoms in total. The predicted octanol–water partition coefficient (Wildman–Crippen LogP) is 4.22. The van der Waals surface area contributed by atoms with Crippen LogP contribution in [0.15, 0.2) is 57.9 Å². The molecule has 0 bridgehead atoms. The molecule has 0 heterocycles. The van der Waals surface area contributed by atoms with Crippen LogP contribution in [0.2, 0.25) is 0 Å². The predicted molar refractivity (Wildman–Crippen MR) is 88.6 cm³/mol. The van der Waals surface area contributed by atoms with Gasteiger partial charge >= 0.3 is 0 Å². The monoisotopic (exact) mass is 368 g/mol. The number of aliphatic hydroxyl groups is 1. The summed E-state index contributed by atoms with van der Waals surface area (Å²) in [6, 6.07) is 15.6. The largest absolute Gasteiger partial charge is 0.486 e. The zero-order valence-electron chi connectivity index (χ0n) is 11.7. The number of aliphatic hydroxyl groups excluding tert-OH is 1. The molecule has 0 amide bonds. The quantitative estimate of drug-likeness (QED) is 0.742. The Morgan fingerprint density at radius 3 is 2.62 bits per heavy atom. The van der Waals surface area contributed by atoms with Crippen molar-refractivity contribution in [1.82, 2.24) is 0 Å². The van der Waals surface area contributed by atoms with Crippen LogP contribution in [0.4, 0.5) is 0 Å². The van der Waals surface area contributed by atoms with Crippen LogP contribution >= 0.6 is 28.0 Å². The van der Waals surface area contributed by atoms with Gasteiger partial charge in [0.1, 0.15) is 18.5 Å². The Hall–Kier alpha value is -1.01. The lowest BCUT2D eigenvalue weighted by Crippen LogP contribution is -2.26. The summed E-state index contributed by atoms with van der Waals surface area (Å²) >= 11 is 4.67. The van der Waals surface area contributed by atoms with Gasteiger partial charge in [-0.2, -0.15) is 0 Å². The van der Waals surface area contributed by atoms with Crippen LogP contribution in [-0.4, -0.2) is 24.4 Å². The number of ether oxygens (including phenoxy) is 1. The summed E-state index contributed by atoms with van der Waals surface area (Å²) in [6.07, 6.45) is -0.391. The molecule has 5 heteroatoms. The van der Waals surface area contributed by atoms with Gasteiger partial charge in [-0.05, 0) is 37.3 Å². The molecule has 2 aromatic rings. The molecular formula is C16H17BrO3S. The van der Waals surface area contributed by atoms with Crippen LogP contribution in [0.5, 0.6) is 5.75 Å². The molecular weight excluding hydrogens is 352 g/mol. The normalized spacial score (nSPS) is 12.1. The second kappa shape index (κ2) is 8.44. The molecule has 0 radical (unpaired) electrons. The molecule has 2 aromatic carbocycles. The lowest BCUT2D eigenvalue weighted by atomic mass is 10.2. The molecule has 2 rings (SSSR count). The van der Waals surface area contributed by atoms with Crippen LogP contribution in [0.1, 0.15) is 5.56 Å².